The van der Waals surface area contributed by atoms with Crippen LogP contribution in [0.3, 0.4) is 0 Å². The molecule has 2 aromatic heterocycles. The predicted molar refractivity (Wildman–Crippen MR) is 119 cm³/mol. The molecule has 1 unspecified atom stereocenters. The zero-order chi connectivity index (χ0) is 22.9. The molecule has 0 spiro atoms. The first-order chi connectivity index (χ1) is 15.2. The van der Waals surface area contributed by atoms with Crippen LogP contribution in [-0.2, 0) is 0 Å². The number of halogens is 1. The number of H-pyrrole nitrogens is 1. The highest BCUT2D eigenvalue weighted by atomic mass is 35.5. The number of rotatable bonds is 7. The van der Waals surface area contributed by atoms with E-state index in [9.17, 15) is 9.90 Å². The second-order valence-electron chi connectivity index (χ2n) is 9.23. The number of aromatic nitrogens is 5. The van der Waals surface area contributed by atoms with E-state index in [-0.39, 0.29) is 16.9 Å². The van der Waals surface area contributed by atoms with Crippen LogP contribution in [0.25, 0.3) is 22.5 Å². The van der Waals surface area contributed by atoms with E-state index in [1.165, 1.54) is 0 Å². The number of nitrogens with one attached hydrogen (secondary N) is 2. The maximum Gasteiger partial charge on any atom is 0.404 e. The van der Waals surface area contributed by atoms with Gasteiger partial charge >= 0.3 is 6.09 Å². The molecule has 0 bridgehead atoms. The number of carboxylic acid groups (broad SMARTS) is 1. The van der Waals surface area contributed by atoms with Crippen LogP contribution in [0, 0.1) is 10.8 Å². The van der Waals surface area contributed by atoms with Crippen LogP contribution in [0.5, 0.6) is 5.75 Å². The molecule has 32 heavy (non-hydrogen) atoms. The van der Waals surface area contributed by atoms with Gasteiger partial charge in [-0.2, -0.15) is 5.21 Å². The number of aromatic amines is 1. The second kappa shape index (κ2) is 8.38. The van der Waals surface area contributed by atoms with Crippen molar-refractivity contribution in [1.29, 1.82) is 0 Å². The number of pyridine rings is 1. The van der Waals surface area contributed by atoms with E-state index in [2.05, 4.69) is 30.9 Å². The molecule has 3 N–H and O–H groups in total. The molecule has 1 atom stereocenters. The first-order valence-corrected chi connectivity index (χ1v) is 10.7. The number of nitrogens with zero attached hydrogens (tertiary/aromatic N) is 4. The highest BCUT2D eigenvalue weighted by molar-refractivity contribution is 6.32. The molecule has 1 aliphatic carbocycles. The minimum Gasteiger partial charge on any atom is -0.491 e. The fraction of sp³-hybridized carbons (Fsp3) is 0.409. The van der Waals surface area contributed by atoms with Crippen LogP contribution in [0.15, 0.2) is 36.5 Å². The zero-order valence-corrected chi connectivity index (χ0v) is 18.8. The number of amides is 1. The third-order valence-electron chi connectivity index (χ3n) is 5.76. The van der Waals surface area contributed by atoms with Gasteiger partial charge in [0.05, 0.1) is 12.8 Å². The Hall–Kier alpha value is -3.20. The summed E-state index contributed by atoms with van der Waals surface area (Å²) in [7, 11) is 0. The van der Waals surface area contributed by atoms with Gasteiger partial charge in [-0.1, -0.05) is 50.6 Å². The van der Waals surface area contributed by atoms with Crippen LogP contribution in [0.1, 0.15) is 33.6 Å². The van der Waals surface area contributed by atoms with Crippen molar-refractivity contribution in [3.63, 3.8) is 0 Å². The van der Waals surface area contributed by atoms with E-state index in [1.54, 1.807) is 6.20 Å². The number of hydrogen-bond donors (Lipinski definition) is 3. The van der Waals surface area contributed by atoms with Crippen LogP contribution in [-0.4, -0.2) is 49.5 Å². The number of ether oxygens (including phenoxy) is 1. The van der Waals surface area contributed by atoms with Crippen molar-refractivity contribution >= 4 is 17.7 Å². The lowest BCUT2D eigenvalue weighted by molar-refractivity contribution is 0.111. The first kappa shape index (κ1) is 22.0. The van der Waals surface area contributed by atoms with E-state index in [0.717, 1.165) is 29.5 Å². The topological polar surface area (TPSA) is 126 Å². The summed E-state index contributed by atoms with van der Waals surface area (Å²) in [6.07, 6.45) is 2.36. The van der Waals surface area contributed by atoms with Crippen molar-refractivity contribution in [2.75, 3.05) is 6.61 Å². The summed E-state index contributed by atoms with van der Waals surface area (Å²) in [6.45, 7) is 6.49. The lowest BCUT2D eigenvalue weighted by Crippen LogP contribution is -2.51. The maximum absolute atomic E-state index is 11.4. The standard InChI is InChI=1S/C22H25ClN6O3/c1-21(2,3)19(25-20(30)31)22(7-8-22)12-32-15-10-16(17(23)24-11-15)13-5-4-6-14(9-13)18-26-28-29-27-18/h4-6,9-11,19,25H,7-8,12H2,1-3H3,(H,30,31)(H,26,27,28,29). The highest BCUT2D eigenvalue weighted by Gasteiger charge is 2.54. The Morgan fingerprint density at radius 2 is 2.06 bits per heavy atom. The van der Waals surface area contributed by atoms with Crippen LogP contribution in [0.4, 0.5) is 4.79 Å². The maximum atomic E-state index is 11.4. The fourth-order valence-electron chi connectivity index (χ4n) is 4.14. The van der Waals surface area contributed by atoms with Gasteiger partial charge in [-0.3, -0.25) is 0 Å². The average molecular weight is 457 g/mol. The number of benzene rings is 1. The average Bonchev–Trinajstić information content (AvgIpc) is 3.31. The molecule has 9 nitrogen and oxygen atoms in total. The van der Waals surface area contributed by atoms with Gasteiger partial charge in [0.25, 0.3) is 0 Å². The Balaban J connectivity index is 1.55. The molecular formula is C22H25ClN6O3. The van der Waals surface area contributed by atoms with E-state index < -0.39 is 6.09 Å². The molecule has 1 amide bonds. The molecule has 4 rings (SSSR count). The van der Waals surface area contributed by atoms with Gasteiger partial charge in [-0.25, -0.2) is 9.78 Å². The molecule has 10 heteroatoms. The summed E-state index contributed by atoms with van der Waals surface area (Å²) in [4.78, 5) is 15.7. The van der Waals surface area contributed by atoms with Gasteiger partial charge < -0.3 is 15.2 Å². The third kappa shape index (κ3) is 4.67. The van der Waals surface area contributed by atoms with Gasteiger partial charge in [0, 0.05) is 22.6 Å². The molecule has 2 heterocycles. The summed E-state index contributed by atoms with van der Waals surface area (Å²) < 4.78 is 6.12. The van der Waals surface area contributed by atoms with Crippen molar-refractivity contribution in [3.8, 4) is 28.3 Å². The lowest BCUT2D eigenvalue weighted by atomic mass is 9.77. The van der Waals surface area contributed by atoms with E-state index in [0.29, 0.717) is 23.3 Å². The minimum atomic E-state index is -1.02. The van der Waals surface area contributed by atoms with Crippen molar-refractivity contribution < 1.29 is 14.6 Å². The van der Waals surface area contributed by atoms with E-state index in [4.69, 9.17) is 16.3 Å². The molecule has 3 aromatic rings. The summed E-state index contributed by atoms with van der Waals surface area (Å²) in [5.74, 6) is 1.06. The normalized spacial score (nSPS) is 15.8. The fourth-order valence-corrected chi connectivity index (χ4v) is 4.35. The van der Waals surface area contributed by atoms with Gasteiger partial charge in [-0.15, -0.1) is 10.2 Å². The van der Waals surface area contributed by atoms with Gasteiger partial charge in [0.15, 0.2) is 0 Å². The van der Waals surface area contributed by atoms with Gasteiger partial charge in [0.1, 0.15) is 10.9 Å². The Morgan fingerprint density at radius 3 is 2.69 bits per heavy atom. The Kier molecular flexibility index (Phi) is 5.77. The van der Waals surface area contributed by atoms with Crippen LogP contribution in [0.2, 0.25) is 5.15 Å². The first-order valence-electron chi connectivity index (χ1n) is 10.3. The molecule has 0 saturated heterocycles. The third-order valence-corrected chi connectivity index (χ3v) is 6.06. The summed E-state index contributed by atoms with van der Waals surface area (Å²) in [5.41, 5.74) is 1.88. The molecule has 0 aliphatic heterocycles. The Labute approximate surface area is 190 Å². The quantitative estimate of drug-likeness (QED) is 0.449. The molecular weight excluding hydrogens is 432 g/mol. The number of hydrogen-bond acceptors (Lipinski definition) is 6. The summed E-state index contributed by atoms with van der Waals surface area (Å²) >= 11 is 6.39. The monoisotopic (exact) mass is 456 g/mol. The molecule has 1 aliphatic rings. The van der Waals surface area contributed by atoms with E-state index >= 15 is 0 Å². The predicted octanol–water partition coefficient (Wildman–Crippen LogP) is 4.42. The van der Waals surface area contributed by atoms with Crippen LogP contribution >= 0.6 is 11.6 Å². The van der Waals surface area contributed by atoms with Crippen LogP contribution < -0.4 is 10.1 Å². The molecule has 1 aromatic carbocycles. The lowest BCUT2D eigenvalue weighted by Gasteiger charge is -2.37. The van der Waals surface area contributed by atoms with Crippen molar-refractivity contribution in [2.45, 2.75) is 39.7 Å². The van der Waals surface area contributed by atoms with E-state index in [1.807, 2.05) is 51.1 Å². The number of tetrazole rings is 1. The van der Waals surface area contributed by atoms with Crippen molar-refractivity contribution in [3.05, 3.63) is 41.7 Å². The molecule has 168 valence electrons. The van der Waals surface area contributed by atoms with Gasteiger partial charge in [-0.05, 0) is 41.2 Å². The molecule has 1 saturated carbocycles. The largest absolute Gasteiger partial charge is 0.491 e. The summed E-state index contributed by atoms with van der Waals surface area (Å²) in [6, 6.07) is 9.22. The molecule has 1 fully saturated rings. The minimum absolute atomic E-state index is 0.223. The Morgan fingerprint density at radius 1 is 1.31 bits per heavy atom. The zero-order valence-electron chi connectivity index (χ0n) is 18.1. The smallest absolute Gasteiger partial charge is 0.404 e. The highest BCUT2D eigenvalue weighted by Crippen LogP contribution is 2.53. The van der Waals surface area contributed by atoms with Crippen molar-refractivity contribution in [2.24, 2.45) is 10.8 Å². The second-order valence-corrected chi connectivity index (χ2v) is 9.58. The summed E-state index contributed by atoms with van der Waals surface area (Å²) in [5, 5.41) is 26.4. The number of carbonyl (C=O) groups is 1. The Bertz CT molecular complexity index is 1110. The SMILES string of the molecule is CC(C)(C)C(NC(=O)O)C1(COc2cnc(Cl)c(-c3cccc(-c4nn[nH]n4)c3)c2)CC1. The van der Waals surface area contributed by atoms with Crippen molar-refractivity contribution in [1.82, 2.24) is 30.9 Å². The van der Waals surface area contributed by atoms with Gasteiger partial charge in [0.2, 0.25) is 5.82 Å². The molecule has 0 radical (unpaired) electrons.